The fourth-order valence-corrected chi connectivity index (χ4v) is 3.89. The third kappa shape index (κ3) is 4.84. The first-order chi connectivity index (χ1) is 16.5. The Morgan fingerprint density at radius 1 is 1.06 bits per heavy atom. The van der Waals surface area contributed by atoms with Crippen LogP contribution >= 0.6 is 11.8 Å². The number of fused-ring (bicyclic) bond motifs is 1. The van der Waals surface area contributed by atoms with Gasteiger partial charge in [0.25, 0.3) is 5.56 Å². The molecule has 0 aliphatic carbocycles. The number of aromatic nitrogens is 2. The molecule has 2 N–H and O–H groups in total. The fraction of sp³-hybridized carbons (Fsp3) is 0.0870. The molecule has 0 saturated carbocycles. The van der Waals surface area contributed by atoms with Gasteiger partial charge in [-0.05, 0) is 42.5 Å². The van der Waals surface area contributed by atoms with Crippen molar-refractivity contribution in [3.8, 4) is 5.69 Å². The van der Waals surface area contributed by atoms with Gasteiger partial charge in [-0.2, -0.15) is 0 Å². The van der Waals surface area contributed by atoms with Crippen molar-refractivity contribution < 1.29 is 23.5 Å². The Balaban J connectivity index is 1.62. The maximum Gasteiger partial charge on any atom is 0.337 e. The number of methoxy groups -OCH3 is 1. The van der Waals surface area contributed by atoms with Gasteiger partial charge in [-0.25, -0.2) is 9.78 Å². The molecule has 10 nitrogen and oxygen atoms in total. The zero-order valence-electron chi connectivity index (χ0n) is 17.8. The van der Waals surface area contributed by atoms with Gasteiger partial charge in [-0.1, -0.05) is 30.0 Å². The lowest BCUT2D eigenvalue weighted by atomic mass is 10.1. The largest absolute Gasteiger partial charge is 0.465 e. The second kappa shape index (κ2) is 10.0. The number of esters is 1. The Labute approximate surface area is 196 Å². The molecule has 2 amide bonds. The Morgan fingerprint density at radius 2 is 1.85 bits per heavy atom. The molecule has 0 saturated heterocycles. The van der Waals surface area contributed by atoms with E-state index < -0.39 is 17.8 Å². The summed E-state index contributed by atoms with van der Waals surface area (Å²) in [6.45, 7) is 0. The highest BCUT2D eigenvalue weighted by molar-refractivity contribution is 7.99. The molecule has 34 heavy (non-hydrogen) atoms. The van der Waals surface area contributed by atoms with E-state index in [1.54, 1.807) is 30.3 Å². The Kier molecular flexibility index (Phi) is 6.74. The van der Waals surface area contributed by atoms with Crippen LogP contribution in [0, 0.1) is 0 Å². The van der Waals surface area contributed by atoms with Crippen LogP contribution in [0.2, 0.25) is 0 Å². The number of amides is 2. The molecule has 0 aliphatic heterocycles. The smallest absolute Gasteiger partial charge is 0.337 e. The van der Waals surface area contributed by atoms with Crippen molar-refractivity contribution in [2.45, 2.75) is 5.16 Å². The average Bonchev–Trinajstić information content (AvgIpc) is 3.41. The van der Waals surface area contributed by atoms with Crippen LogP contribution < -0.4 is 16.4 Å². The van der Waals surface area contributed by atoms with Crippen LogP contribution in [0.15, 0.2) is 81.3 Å². The molecule has 0 radical (unpaired) electrons. The Bertz CT molecular complexity index is 1420. The number of nitrogens with zero attached hydrogens (tertiary/aromatic N) is 2. The summed E-state index contributed by atoms with van der Waals surface area (Å²) in [5.41, 5.74) is 5.27. The number of carbonyl (C=O) groups is 3. The number of thioether (sulfide) groups is 1. The van der Waals surface area contributed by atoms with E-state index in [9.17, 15) is 19.2 Å². The SMILES string of the molecule is COC(=O)c1ccc2c(=O)n(-c3ccccc3)c(SCC(=O)NNC(=O)c3ccco3)nc2c1. The van der Waals surface area contributed by atoms with E-state index in [2.05, 4.69) is 15.8 Å². The summed E-state index contributed by atoms with van der Waals surface area (Å²) in [5, 5.41) is 0.536. The molecular weight excluding hydrogens is 460 g/mol. The monoisotopic (exact) mass is 478 g/mol. The van der Waals surface area contributed by atoms with E-state index in [-0.39, 0.29) is 33.3 Å². The van der Waals surface area contributed by atoms with E-state index in [4.69, 9.17) is 9.15 Å². The van der Waals surface area contributed by atoms with Crippen molar-refractivity contribution in [3.63, 3.8) is 0 Å². The van der Waals surface area contributed by atoms with Crippen molar-refractivity contribution in [2.75, 3.05) is 12.9 Å². The summed E-state index contributed by atoms with van der Waals surface area (Å²) in [6, 6.07) is 16.3. The van der Waals surface area contributed by atoms with Crippen molar-refractivity contribution in [3.05, 3.63) is 88.6 Å². The van der Waals surface area contributed by atoms with Crippen LogP contribution in [-0.2, 0) is 9.53 Å². The minimum atomic E-state index is -0.608. The topological polar surface area (TPSA) is 133 Å². The van der Waals surface area contributed by atoms with Gasteiger partial charge in [0.1, 0.15) is 0 Å². The molecule has 4 rings (SSSR count). The number of hydrogen-bond donors (Lipinski definition) is 2. The Morgan fingerprint density at radius 3 is 2.56 bits per heavy atom. The maximum absolute atomic E-state index is 13.3. The number of nitrogens with one attached hydrogen (secondary N) is 2. The number of ether oxygens (including phenoxy) is 1. The molecule has 0 unspecified atom stereocenters. The first kappa shape index (κ1) is 22.8. The molecule has 4 aromatic rings. The number of carbonyl (C=O) groups excluding carboxylic acids is 3. The van der Waals surface area contributed by atoms with Crippen molar-refractivity contribution in [2.24, 2.45) is 0 Å². The summed E-state index contributed by atoms with van der Waals surface area (Å²) in [4.78, 5) is 54.0. The second-order valence-electron chi connectivity index (χ2n) is 6.86. The first-order valence-electron chi connectivity index (χ1n) is 9.94. The van der Waals surface area contributed by atoms with Gasteiger partial charge in [-0.15, -0.1) is 0 Å². The number of rotatable bonds is 6. The molecule has 0 atom stereocenters. The highest BCUT2D eigenvalue weighted by Gasteiger charge is 2.17. The van der Waals surface area contributed by atoms with Crippen molar-refractivity contribution in [1.82, 2.24) is 20.4 Å². The van der Waals surface area contributed by atoms with Gasteiger partial charge >= 0.3 is 11.9 Å². The van der Waals surface area contributed by atoms with Gasteiger partial charge in [0, 0.05) is 0 Å². The van der Waals surface area contributed by atoms with E-state index in [1.807, 2.05) is 6.07 Å². The normalized spacial score (nSPS) is 10.6. The van der Waals surface area contributed by atoms with Crippen molar-refractivity contribution in [1.29, 1.82) is 0 Å². The molecule has 11 heteroatoms. The van der Waals surface area contributed by atoms with Crippen LogP contribution in [0.4, 0.5) is 0 Å². The third-order valence-corrected chi connectivity index (χ3v) is 5.61. The molecule has 2 aromatic heterocycles. The Hall–Kier alpha value is -4.38. The minimum absolute atomic E-state index is 0.0449. The highest BCUT2D eigenvalue weighted by atomic mass is 32.2. The first-order valence-corrected chi connectivity index (χ1v) is 10.9. The lowest BCUT2D eigenvalue weighted by Crippen LogP contribution is -2.42. The van der Waals surface area contributed by atoms with E-state index in [0.29, 0.717) is 11.1 Å². The lowest BCUT2D eigenvalue weighted by molar-refractivity contribution is -0.119. The summed E-state index contributed by atoms with van der Waals surface area (Å²) in [5.74, 6) is -1.80. The van der Waals surface area contributed by atoms with Crippen LogP contribution in [0.3, 0.4) is 0 Å². The molecule has 0 bridgehead atoms. The summed E-state index contributed by atoms with van der Waals surface area (Å²) in [7, 11) is 1.26. The molecular formula is C23H18N4O6S. The van der Waals surface area contributed by atoms with Crippen LogP contribution in [0.1, 0.15) is 20.9 Å². The third-order valence-electron chi connectivity index (χ3n) is 4.67. The summed E-state index contributed by atoms with van der Waals surface area (Å²) >= 11 is 0.997. The van der Waals surface area contributed by atoms with E-state index in [0.717, 1.165) is 11.8 Å². The van der Waals surface area contributed by atoms with Gasteiger partial charge in [0.2, 0.25) is 5.91 Å². The molecule has 0 spiro atoms. The van der Waals surface area contributed by atoms with E-state index >= 15 is 0 Å². The quantitative estimate of drug-likeness (QED) is 0.187. The molecule has 172 valence electrons. The van der Waals surface area contributed by atoms with Crippen molar-refractivity contribution >= 4 is 40.4 Å². The number of para-hydroxylation sites is 1. The predicted octanol–water partition coefficient (Wildman–Crippen LogP) is 2.32. The lowest BCUT2D eigenvalue weighted by Gasteiger charge is -2.13. The van der Waals surface area contributed by atoms with Gasteiger partial charge in [-0.3, -0.25) is 29.8 Å². The number of benzene rings is 2. The van der Waals surface area contributed by atoms with Crippen LogP contribution in [0.25, 0.3) is 16.6 Å². The highest BCUT2D eigenvalue weighted by Crippen LogP contribution is 2.22. The zero-order valence-corrected chi connectivity index (χ0v) is 18.6. The van der Waals surface area contributed by atoms with Gasteiger partial charge < -0.3 is 9.15 Å². The average molecular weight is 478 g/mol. The van der Waals surface area contributed by atoms with Gasteiger partial charge in [0.05, 0.1) is 41.3 Å². The van der Waals surface area contributed by atoms with E-state index in [1.165, 1.54) is 42.2 Å². The molecule has 2 aromatic carbocycles. The predicted molar refractivity (Wildman–Crippen MR) is 124 cm³/mol. The zero-order chi connectivity index (χ0) is 24.1. The molecule has 0 fully saturated rings. The summed E-state index contributed by atoms with van der Waals surface area (Å²) in [6.07, 6.45) is 1.34. The molecule has 0 aliphatic rings. The number of furan rings is 1. The van der Waals surface area contributed by atoms with Crippen LogP contribution in [-0.4, -0.2) is 40.2 Å². The minimum Gasteiger partial charge on any atom is -0.465 e. The standard InChI is InChI=1S/C23H18N4O6S/c1-32-22(31)14-9-10-16-17(12-14)24-23(27(21(16)30)15-6-3-2-4-7-15)34-13-19(28)25-26-20(29)18-8-5-11-33-18/h2-12H,13H2,1H3,(H,25,28)(H,26,29). The van der Waals surface area contributed by atoms with Gasteiger partial charge in [0.15, 0.2) is 10.9 Å². The second-order valence-corrected chi connectivity index (χ2v) is 7.80. The number of hydrogen-bond acceptors (Lipinski definition) is 8. The fourth-order valence-electron chi connectivity index (χ4n) is 3.07. The summed E-state index contributed by atoms with van der Waals surface area (Å²) < 4.78 is 11.1. The maximum atomic E-state index is 13.3. The molecule has 2 heterocycles. The van der Waals surface area contributed by atoms with Crippen LogP contribution in [0.5, 0.6) is 0 Å². The number of hydrazine groups is 1.